The lowest BCUT2D eigenvalue weighted by Gasteiger charge is -2.36. The first-order chi connectivity index (χ1) is 13.4. The summed E-state index contributed by atoms with van der Waals surface area (Å²) < 4.78 is 59.5. The van der Waals surface area contributed by atoms with E-state index in [9.17, 15) is 17.2 Å². The van der Waals surface area contributed by atoms with Crippen molar-refractivity contribution in [2.45, 2.75) is 4.90 Å². The van der Waals surface area contributed by atoms with Crippen molar-refractivity contribution in [2.75, 3.05) is 51.3 Å². The number of para-hydroxylation sites is 2. The van der Waals surface area contributed by atoms with Crippen molar-refractivity contribution in [3.05, 3.63) is 54.1 Å². The first-order valence-corrected chi connectivity index (χ1v) is 10.4. The van der Waals surface area contributed by atoms with Gasteiger partial charge in [0, 0.05) is 39.3 Å². The molecule has 28 heavy (non-hydrogen) atoms. The molecule has 0 spiro atoms. The van der Waals surface area contributed by atoms with Crippen molar-refractivity contribution in [2.24, 2.45) is 0 Å². The lowest BCUT2D eigenvalue weighted by Crippen LogP contribution is -2.48. The van der Waals surface area contributed by atoms with Crippen LogP contribution < -0.4 is 14.4 Å². The molecule has 0 radical (unpaired) electrons. The highest BCUT2D eigenvalue weighted by Crippen LogP contribution is 2.28. The second-order valence-corrected chi connectivity index (χ2v) is 8.15. The Hall–Kier alpha value is -2.23. The van der Waals surface area contributed by atoms with E-state index in [4.69, 9.17) is 4.74 Å². The number of nitrogens with zero attached hydrogens (tertiary/aromatic N) is 2. The van der Waals surface area contributed by atoms with Crippen LogP contribution in [0.5, 0.6) is 5.75 Å². The Kier molecular flexibility index (Phi) is 6.48. The number of anilines is 1. The number of hydrogen-bond donors (Lipinski definition) is 1. The third-order valence-electron chi connectivity index (χ3n) is 4.71. The average Bonchev–Trinajstić information content (AvgIpc) is 2.68. The molecule has 2 aromatic carbocycles. The van der Waals surface area contributed by atoms with Gasteiger partial charge in [0.2, 0.25) is 10.0 Å². The predicted molar refractivity (Wildman–Crippen MR) is 103 cm³/mol. The quantitative estimate of drug-likeness (QED) is 0.756. The Morgan fingerprint density at radius 3 is 2.29 bits per heavy atom. The van der Waals surface area contributed by atoms with Crippen molar-refractivity contribution in [3.63, 3.8) is 0 Å². The number of benzene rings is 2. The summed E-state index contributed by atoms with van der Waals surface area (Å²) in [6.07, 6.45) is 0. The summed E-state index contributed by atoms with van der Waals surface area (Å²) >= 11 is 0. The van der Waals surface area contributed by atoms with Crippen LogP contribution in [0.1, 0.15) is 0 Å². The Morgan fingerprint density at radius 2 is 1.64 bits per heavy atom. The second kappa shape index (κ2) is 8.85. The highest BCUT2D eigenvalue weighted by atomic mass is 32.2. The molecule has 1 N–H and O–H groups in total. The smallest absolute Gasteiger partial charge is 0.246 e. The molecule has 1 aliphatic rings. The molecule has 0 saturated carbocycles. The topological polar surface area (TPSA) is 61.9 Å². The number of piperazine rings is 1. The van der Waals surface area contributed by atoms with E-state index < -0.39 is 26.6 Å². The van der Waals surface area contributed by atoms with Crippen LogP contribution in [-0.2, 0) is 10.0 Å². The third kappa shape index (κ3) is 4.60. The van der Waals surface area contributed by atoms with Gasteiger partial charge in [-0.1, -0.05) is 18.2 Å². The van der Waals surface area contributed by atoms with Crippen LogP contribution in [0.2, 0.25) is 0 Å². The Labute approximate surface area is 163 Å². The highest BCUT2D eigenvalue weighted by molar-refractivity contribution is 7.89. The van der Waals surface area contributed by atoms with Crippen LogP contribution in [0.4, 0.5) is 14.5 Å². The molecule has 3 rings (SSSR count). The number of methoxy groups -OCH3 is 1. The molecule has 6 nitrogen and oxygen atoms in total. The Balaban J connectivity index is 1.52. The van der Waals surface area contributed by atoms with Crippen LogP contribution in [-0.4, -0.2) is 59.7 Å². The van der Waals surface area contributed by atoms with Gasteiger partial charge in [0.1, 0.15) is 17.4 Å². The number of nitrogens with one attached hydrogen (secondary N) is 1. The summed E-state index contributed by atoms with van der Waals surface area (Å²) in [4.78, 5) is 3.39. The predicted octanol–water partition coefficient (Wildman–Crippen LogP) is 2.07. The normalized spacial score (nSPS) is 15.6. The van der Waals surface area contributed by atoms with Crippen molar-refractivity contribution in [3.8, 4) is 5.75 Å². The van der Waals surface area contributed by atoms with Crippen LogP contribution in [0, 0.1) is 11.6 Å². The maximum absolute atomic E-state index is 13.7. The molecule has 0 unspecified atom stereocenters. The third-order valence-corrected chi connectivity index (χ3v) is 6.22. The van der Waals surface area contributed by atoms with E-state index in [1.54, 1.807) is 7.11 Å². The minimum atomic E-state index is -4.24. The fourth-order valence-electron chi connectivity index (χ4n) is 3.25. The molecule has 1 saturated heterocycles. The minimum absolute atomic E-state index is 0.0742. The van der Waals surface area contributed by atoms with E-state index in [0.717, 1.165) is 55.8 Å². The highest BCUT2D eigenvalue weighted by Gasteiger charge is 2.24. The number of ether oxygens (including phenoxy) is 1. The average molecular weight is 411 g/mol. The van der Waals surface area contributed by atoms with Crippen LogP contribution >= 0.6 is 0 Å². The zero-order valence-corrected chi connectivity index (χ0v) is 16.4. The zero-order valence-electron chi connectivity index (χ0n) is 15.6. The van der Waals surface area contributed by atoms with Gasteiger partial charge in [0.05, 0.1) is 12.8 Å². The second-order valence-electron chi connectivity index (χ2n) is 6.45. The maximum atomic E-state index is 13.7. The number of halogens is 2. The fourth-order valence-corrected chi connectivity index (χ4v) is 4.41. The van der Waals surface area contributed by atoms with Gasteiger partial charge < -0.3 is 9.64 Å². The zero-order chi connectivity index (χ0) is 20.1. The van der Waals surface area contributed by atoms with Crippen molar-refractivity contribution in [1.82, 2.24) is 9.62 Å². The molecule has 2 aromatic rings. The van der Waals surface area contributed by atoms with E-state index in [2.05, 4.69) is 14.5 Å². The molecule has 1 aliphatic heterocycles. The van der Waals surface area contributed by atoms with Crippen LogP contribution in [0.15, 0.2) is 47.4 Å². The van der Waals surface area contributed by atoms with E-state index in [1.807, 2.05) is 24.3 Å². The van der Waals surface area contributed by atoms with Crippen LogP contribution in [0.3, 0.4) is 0 Å². The number of rotatable bonds is 7. The van der Waals surface area contributed by atoms with E-state index in [1.165, 1.54) is 0 Å². The van der Waals surface area contributed by atoms with Gasteiger partial charge in [-0.05, 0) is 24.3 Å². The Bertz CT molecular complexity index is 896. The SMILES string of the molecule is COc1ccccc1N1CCN(CCNS(=O)(=O)c2c(F)cccc2F)CC1. The van der Waals surface area contributed by atoms with Gasteiger partial charge in [0.15, 0.2) is 4.90 Å². The summed E-state index contributed by atoms with van der Waals surface area (Å²) in [7, 11) is -2.60. The van der Waals surface area contributed by atoms with Gasteiger partial charge in [-0.2, -0.15) is 0 Å². The van der Waals surface area contributed by atoms with Gasteiger partial charge in [-0.25, -0.2) is 21.9 Å². The lowest BCUT2D eigenvalue weighted by molar-refractivity contribution is 0.261. The molecule has 0 bridgehead atoms. The molecular weight excluding hydrogens is 388 g/mol. The van der Waals surface area contributed by atoms with Crippen molar-refractivity contribution in [1.29, 1.82) is 0 Å². The molecule has 1 heterocycles. The van der Waals surface area contributed by atoms with Gasteiger partial charge in [0.25, 0.3) is 0 Å². The monoisotopic (exact) mass is 411 g/mol. The fraction of sp³-hybridized carbons (Fsp3) is 0.368. The summed E-state index contributed by atoms with van der Waals surface area (Å²) in [6, 6.07) is 10.8. The molecule has 152 valence electrons. The molecule has 1 fully saturated rings. The van der Waals surface area contributed by atoms with E-state index in [-0.39, 0.29) is 6.54 Å². The molecule has 9 heteroatoms. The summed E-state index contributed by atoms with van der Waals surface area (Å²) in [5.74, 6) is -1.38. The van der Waals surface area contributed by atoms with E-state index in [0.29, 0.717) is 6.54 Å². The largest absolute Gasteiger partial charge is 0.495 e. The van der Waals surface area contributed by atoms with Crippen molar-refractivity contribution >= 4 is 15.7 Å². The number of hydrogen-bond acceptors (Lipinski definition) is 5. The first kappa shape index (κ1) is 20.5. The molecule has 0 atom stereocenters. The summed E-state index contributed by atoms with van der Waals surface area (Å²) in [6.45, 7) is 3.56. The molecule has 0 amide bonds. The number of sulfonamides is 1. The maximum Gasteiger partial charge on any atom is 0.246 e. The van der Waals surface area contributed by atoms with Crippen LogP contribution in [0.25, 0.3) is 0 Å². The summed E-state index contributed by atoms with van der Waals surface area (Å²) in [5, 5.41) is 0. The molecule has 0 aromatic heterocycles. The minimum Gasteiger partial charge on any atom is -0.495 e. The van der Waals surface area contributed by atoms with Gasteiger partial charge in [-0.3, -0.25) is 4.90 Å². The van der Waals surface area contributed by atoms with E-state index >= 15 is 0 Å². The Morgan fingerprint density at radius 1 is 1.00 bits per heavy atom. The standard InChI is InChI=1S/C19H23F2N3O3S/c1-27-18-8-3-2-7-17(18)24-13-11-23(12-14-24)10-9-22-28(25,26)19-15(20)5-4-6-16(19)21/h2-8,22H,9-14H2,1H3. The van der Waals surface area contributed by atoms with Gasteiger partial charge in [-0.15, -0.1) is 0 Å². The molecule has 0 aliphatic carbocycles. The summed E-state index contributed by atoms with van der Waals surface area (Å²) in [5.41, 5.74) is 1.03. The van der Waals surface area contributed by atoms with Crippen molar-refractivity contribution < 1.29 is 21.9 Å². The molecular formula is C19H23F2N3O3S. The lowest BCUT2D eigenvalue weighted by atomic mass is 10.2. The van der Waals surface area contributed by atoms with Gasteiger partial charge >= 0.3 is 0 Å². The first-order valence-electron chi connectivity index (χ1n) is 8.96.